The van der Waals surface area contributed by atoms with E-state index in [0.29, 0.717) is 12.8 Å². The van der Waals surface area contributed by atoms with Gasteiger partial charge in [0.05, 0.1) is 6.10 Å². The average Bonchev–Trinajstić information content (AvgIpc) is 2.07. The van der Waals surface area contributed by atoms with Crippen LogP contribution >= 0.6 is 0 Å². The summed E-state index contributed by atoms with van der Waals surface area (Å²) in [5.41, 5.74) is 0. The second-order valence-electron chi connectivity index (χ2n) is 2.94. The Labute approximate surface area is 72.0 Å². The molecule has 1 heterocycles. The summed E-state index contributed by atoms with van der Waals surface area (Å²) < 4.78 is 4.81. The van der Waals surface area contributed by atoms with Crippen molar-refractivity contribution in [3.8, 4) is 0 Å². The number of rotatable bonds is 0. The fourth-order valence-electron chi connectivity index (χ4n) is 1.06. The van der Waals surface area contributed by atoms with E-state index < -0.39 is 6.10 Å². The number of cyclic esters (lactones) is 1. The van der Waals surface area contributed by atoms with E-state index in [0.717, 1.165) is 12.8 Å². The molecule has 1 N–H and O–H groups in total. The molecule has 68 valence electrons. The van der Waals surface area contributed by atoms with Crippen LogP contribution in [0.15, 0.2) is 12.2 Å². The molecule has 0 aromatic heterocycles. The summed E-state index contributed by atoms with van der Waals surface area (Å²) in [5, 5.41) is 9.22. The van der Waals surface area contributed by atoms with Crippen LogP contribution in [-0.4, -0.2) is 23.8 Å². The maximum Gasteiger partial charge on any atom is 0.305 e. The van der Waals surface area contributed by atoms with Gasteiger partial charge in [0.25, 0.3) is 0 Å². The van der Waals surface area contributed by atoms with E-state index in [1.807, 2.05) is 12.2 Å². The normalized spacial score (nSPS) is 29.1. The van der Waals surface area contributed by atoms with Crippen molar-refractivity contribution >= 4 is 5.97 Å². The molecule has 1 unspecified atom stereocenters. The van der Waals surface area contributed by atoms with Crippen LogP contribution in [0.25, 0.3) is 0 Å². The number of carbonyl (C=O) groups is 1. The first-order chi connectivity index (χ1) is 5.79. The molecule has 0 fully saturated rings. The van der Waals surface area contributed by atoms with Crippen molar-refractivity contribution in [2.75, 3.05) is 6.61 Å². The van der Waals surface area contributed by atoms with Gasteiger partial charge in [0.15, 0.2) is 0 Å². The number of hydrogen-bond acceptors (Lipinski definition) is 3. The molecule has 0 saturated carbocycles. The highest BCUT2D eigenvalue weighted by Gasteiger charge is 2.08. The van der Waals surface area contributed by atoms with Gasteiger partial charge in [-0.25, -0.2) is 0 Å². The number of ether oxygens (including phenoxy) is 1. The minimum atomic E-state index is -0.539. The van der Waals surface area contributed by atoms with Crippen LogP contribution in [0.4, 0.5) is 0 Å². The molecular weight excluding hydrogens is 156 g/mol. The third-order valence-electron chi connectivity index (χ3n) is 1.76. The quantitative estimate of drug-likeness (QED) is 0.436. The minimum Gasteiger partial charge on any atom is -0.463 e. The van der Waals surface area contributed by atoms with Crippen molar-refractivity contribution in [2.45, 2.75) is 31.8 Å². The third kappa shape index (κ3) is 3.53. The zero-order valence-corrected chi connectivity index (χ0v) is 7.03. The Morgan fingerprint density at radius 2 is 2.33 bits per heavy atom. The van der Waals surface area contributed by atoms with E-state index in [-0.39, 0.29) is 12.6 Å². The van der Waals surface area contributed by atoms with Crippen molar-refractivity contribution in [2.24, 2.45) is 0 Å². The monoisotopic (exact) mass is 170 g/mol. The smallest absolute Gasteiger partial charge is 0.305 e. The van der Waals surface area contributed by atoms with Crippen molar-refractivity contribution in [3.05, 3.63) is 12.2 Å². The summed E-state index contributed by atoms with van der Waals surface area (Å²) in [6.07, 6.45) is 6.16. The molecule has 1 aliphatic heterocycles. The molecular formula is C9H14O3. The minimum absolute atomic E-state index is 0.128. The van der Waals surface area contributed by atoms with Gasteiger partial charge in [-0.3, -0.25) is 4.79 Å². The SMILES string of the molecule is O=C1CCC/C=C\CC(O)CO1. The molecule has 0 aromatic rings. The molecule has 1 aliphatic rings. The molecule has 0 amide bonds. The molecule has 0 saturated heterocycles. The lowest BCUT2D eigenvalue weighted by atomic mass is 10.2. The van der Waals surface area contributed by atoms with E-state index in [1.165, 1.54) is 0 Å². The van der Waals surface area contributed by atoms with E-state index in [2.05, 4.69) is 0 Å². The third-order valence-corrected chi connectivity index (χ3v) is 1.76. The predicted molar refractivity (Wildman–Crippen MR) is 44.6 cm³/mol. The highest BCUT2D eigenvalue weighted by molar-refractivity contribution is 5.69. The van der Waals surface area contributed by atoms with Gasteiger partial charge >= 0.3 is 5.97 Å². The van der Waals surface area contributed by atoms with E-state index in [9.17, 15) is 9.90 Å². The van der Waals surface area contributed by atoms with Crippen molar-refractivity contribution in [3.63, 3.8) is 0 Å². The Hall–Kier alpha value is -0.830. The molecule has 1 atom stereocenters. The Morgan fingerprint density at radius 1 is 1.50 bits per heavy atom. The molecule has 0 radical (unpaired) electrons. The fraction of sp³-hybridized carbons (Fsp3) is 0.667. The van der Waals surface area contributed by atoms with Gasteiger partial charge in [0.1, 0.15) is 6.61 Å². The number of allylic oxidation sites excluding steroid dienone is 1. The molecule has 0 aromatic carbocycles. The van der Waals surface area contributed by atoms with E-state index >= 15 is 0 Å². The number of aliphatic hydroxyl groups is 1. The molecule has 0 aliphatic carbocycles. The number of carbonyl (C=O) groups excluding carboxylic acids is 1. The van der Waals surface area contributed by atoms with Crippen LogP contribution in [0.3, 0.4) is 0 Å². The first-order valence-corrected chi connectivity index (χ1v) is 4.28. The topological polar surface area (TPSA) is 46.5 Å². The molecule has 3 heteroatoms. The number of hydrogen-bond donors (Lipinski definition) is 1. The Morgan fingerprint density at radius 3 is 3.17 bits per heavy atom. The summed E-state index contributed by atoms with van der Waals surface area (Å²) in [7, 11) is 0. The van der Waals surface area contributed by atoms with Crippen LogP contribution in [-0.2, 0) is 9.53 Å². The fourth-order valence-corrected chi connectivity index (χ4v) is 1.06. The lowest BCUT2D eigenvalue weighted by Gasteiger charge is -2.10. The summed E-state index contributed by atoms with van der Waals surface area (Å²) in [4.78, 5) is 10.9. The van der Waals surface area contributed by atoms with Crippen LogP contribution in [0.5, 0.6) is 0 Å². The highest BCUT2D eigenvalue weighted by atomic mass is 16.5. The second-order valence-corrected chi connectivity index (χ2v) is 2.94. The van der Waals surface area contributed by atoms with Gasteiger partial charge in [0, 0.05) is 6.42 Å². The summed E-state index contributed by atoms with van der Waals surface area (Å²) in [6.45, 7) is 0.128. The van der Waals surface area contributed by atoms with Gasteiger partial charge in [-0.1, -0.05) is 12.2 Å². The predicted octanol–water partition coefficient (Wildman–Crippen LogP) is 1.02. The first-order valence-electron chi connectivity index (χ1n) is 4.28. The maximum absolute atomic E-state index is 10.9. The van der Waals surface area contributed by atoms with Gasteiger partial charge in [-0.2, -0.15) is 0 Å². The zero-order valence-electron chi connectivity index (χ0n) is 7.03. The summed E-state index contributed by atoms with van der Waals surface area (Å²) >= 11 is 0. The van der Waals surface area contributed by atoms with Crippen LogP contribution in [0, 0.1) is 0 Å². The highest BCUT2D eigenvalue weighted by Crippen LogP contribution is 2.04. The first kappa shape index (κ1) is 9.26. The van der Waals surface area contributed by atoms with Crippen molar-refractivity contribution in [1.29, 1.82) is 0 Å². The molecule has 1 rings (SSSR count). The van der Waals surface area contributed by atoms with Crippen LogP contribution < -0.4 is 0 Å². The largest absolute Gasteiger partial charge is 0.463 e. The molecule has 12 heavy (non-hydrogen) atoms. The van der Waals surface area contributed by atoms with Gasteiger partial charge < -0.3 is 9.84 Å². The Bertz CT molecular complexity index is 175. The van der Waals surface area contributed by atoms with Crippen LogP contribution in [0.1, 0.15) is 25.7 Å². The summed E-state index contributed by atoms with van der Waals surface area (Å²) in [6, 6.07) is 0. The molecule has 0 bridgehead atoms. The second kappa shape index (κ2) is 4.93. The standard InChI is InChI=1S/C9H14O3/c10-8-5-3-1-2-4-6-9(11)12-7-8/h1,3,8,10H,2,4-7H2/b3-1-. The Kier molecular flexibility index (Phi) is 3.80. The Balaban J connectivity index is 2.39. The number of esters is 1. The molecule has 0 spiro atoms. The lowest BCUT2D eigenvalue weighted by Crippen LogP contribution is -2.18. The maximum atomic E-state index is 10.9. The van der Waals surface area contributed by atoms with E-state index in [1.54, 1.807) is 0 Å². The van der Waals surface area contributed by atoms with E-state index in [4.69, 9.17) is 4.74 Å². The molecule has 3 nitrogen and oxygen atoms in total. The van der Waals surface area contributed by atoms with Crippen LogP contribution in [0.2, 0.25) is 0 Å². The average molecular weight is 170 g/mol. The lowest BCUT2D eigenvalue weighted by molar-refractivity contribution is -0.146. The zero-order chi connectivity index (χ0) is 8.81. The van der Waals surface area contributed by atoms with Gasteiger partial charge in [0.2, 0.25) is 0 Å². The van der Waals surface area contributed by atoms with Crippen molar-refractivity contribution < 1.29 is 14.6 Å². The number of aliphatic hydroxyl groups excluding tert-OH is 1. The van der Waals surface area contributed by atoms with Gasteiger partial charge in [-0.15, -0.1) is 0 Å². The van der Waals surface area contributed by atoms with Gasteiger partial charge in [-0.05, 0) is 19.3 Å². The van der Waals surface area contributed by atoms with Crippen molar-refractivity contribution in [1.82, 2.24) is 0 Å². The summed E-state index contributed by atoms with van der Waals surface area (Å²) in [5.74, 6) is -0.204.